The lowest BCUT2D eigenvalue weighted by Crippen LogP contribution is -2.45. The Morgan fingerprint density at radius 1 is 1.10 bits per heavy atom. The average Bonchev–Trinajstić information content (AvgIpc) is 2.92. The standard InChI is InChI=1S/C22H26N2O6/c1-5-22(10-12-23(13-11-22)20(28)29-21(2,3)4)14-17(25)30-24-18(26)15-8-6-7-9-16(15)19(24)27/h5-9H,1,10-14H2,2-4H3. The molecule has 0 atom stereocenters. The fourth-order valence-corrected chi connectivity index (χ4v) is 3.59. The SMILES string of the molecule is C=CC1(CC(=O)ON2C(=O)c3ccccc3C2=O)CCN(C(=O)OC(C)(C)C)CC1. The maximum absolute atomic E-state index is 12.6. The molecule has 3 amide bonds. The Labute approximate surface area is 175 Å². The summed E-state index contributed by atoms with van der Waals surface area (Å²) in [6.07, 6.45) is 2.23. The number of hydrogen-bond acceptors (Lipinski definition) is 6. The fraction of sp³-hybridized carbons (Fsp3) is 0.455. The van der Waals surface area contributed by atoms with E-state index in [0.29, 0.717) is 31.0 Å². The highest BCUT2D eigenvalue weighted by atomic mass is 16.7. The zero-order valence-corrected chi connectivity index (χ0v) is 17.5. The van der Waals surface area contributed by atoms with E-state index in [4.69, 9.17) is 9.57 Å². The zero-order valence-electron chi connectivity index (χ0n) is 17.5. The molecule has 3 rings (SSSR count). The number of hydrogen-bond donors (Lipinski definition) is 0. The molecule has 0 aromatic heterocycles. The Kier molecular flexibility index (Phi) is 5.70. The number of ether oxygens (including phenoxy) is 1. The van der Waals surface area contributed by atoms with Crippen molar-refractivity contribution in [1.29, 1.82) is 0 Å². The first-order valence-electron chi connectivity index (χ1n) is 9.85. The number of nitrogens with zero attached hydrogens (tertiary/aromatic N) is 2. The van der Waals surface area contributed by atoms with E-state index >= 15 is 0 Å². The monoisotopic (exact) mass is 414 g/mol. The van der Waals surface area contributed by atoms with E-state index in [-0.39, 0.29) is 17.5 Å². The molecule has 0 spiro atoms. The summed E-state index contributed by atoms with van der Waals surface area (Å²) >= 11 is 0. The highest BCUT2D eigenvalue weighted by Gasteiger charge is 2.41. The molecular weight excluding hydrogens is 388 g/mol. The highest BCUT2D eigenvalue weighted by Crippen LogP contribution is 2.37. The van der Waals surface area contributed by atoms with Gasteiger partial charge in [-0.3, -0.25) is 9.59 Å². The Bertz CT molecular complexity index is 858. The molecule has 1 aromatic rings. The summed E-state index contributed by atoms with van der Waals surface area (Å²) in [5.74, 6) is -2.01. The second-order valence-corrected chi connectivity index (χ2v) is 8.62. The smallest absolute Gasteiger partial charge is 0.410 e. The van der Waals surface area contributed by atoms with Crippen LogP contribution in [0.3, 0.4) is 0 Å². The van der Waals surface area contributed by atoms with Crippen molar-refractivity contribution in [2.24, 2.45) is 5.41 Å². The molecule has 1 aromatic carbocycles. The molecule has 0 bridgehead atoms. The molecule has 160 valence electrons. The molecular formula is C22H26N2O6. The molecule has 0 saturated carbocycles. The molecule has 0 N–H and O–H groups in total. The Hall–Kier alpha value is -3.16. The predicted octanol–water partition coefficient (Wildman–Crippen LogP) is 3.33. The van der Waals surface area contributed by atoms with Crippen LogP contribution in [0, 0.1) is 5.41 Å². The molecule has 0 unspecified atom stereocenters. The maximum Gasteiger partial charge on any atom is 0.410 e. The van der Waals surface area contributed by atoms with Gasteiger partial charge in [0.1, 0.15) is 5.60 Å². The summed E-state index contributed by atoms with van der Waals surface area (Å²) in [4.78, 5) is 56.3. The van der Waals surface area contributed by atoms with Gasteiger partial charge in [-0.2, -0.15) is 0 Å². The lowest BCUT2D eigenvalue weighted by atomic mass is 9.76. The molecule has 8 heteroatoms. The topological polar surface area (TPSA) is 93.2 Å². The van der Waals surface area contributed by atoms with Crippen LogP contribution in [0.15, 0.2) is 36.9 Å². The van der Waals surface area contributed by atoms with Crippen molar-refractivity contribution in [1.82, 2.24) is 9.96 Å². The molecule has 1 fully saturated rings. The molecule has 2 aliphatic heterocycles. The number of amides is 3. The summed E-state index contributed by atoms with van der Waals surface area (Å²) < 4.78 is 5.39. The van der Waals surface area contributed by atoms with Crippen molar-refractivity contribution in [3.05, 3.63) is 48.0 Å². The molecule has 30 heavy (non-hydrogen) atoms. The van der Waals surface area contributed by atoms with E-state index in [2.05, 4.69) is 6.58 Å². The van der Waals surface area contributed by atoms with Crippen LogP contribution >= 0.6 is 0 Å². The van der Waals surface area contributed by atoms with Gasteiger partial charge in [-0.05, 0) is 45.7 Å². The third-order valence-corrected chi connectivity index (χ3v) is 5.29. The lowest BCUT2D eigenvalue weighted by Gasteiger charge is -2.39. The van der Waals surface area contributed by atoms with Crippen molar-refractivity contribution in [2.75, 3.05) is 13.1 Å². The van der Waals surface area contributed by atoms with E-state index in [0.717, 1.165) is 0 Å². The number of allylic oxidation sites excluding steroid dienone is 1. The molecule has 2 aliphatic rings. The Balaban J connectivity index is 1.60. The third-order valence-electron chi connectivity index (χ3n) is 5.29. The Morgan fingerprint density at radius 3 is 2.10 bits per heavy atom. The van der Waals surface area contributed by atoms with Crippen LogP contribution in [-0.4, -0.2) is 52.5 Å². The van der Waals surface area contributed by atoms with Crippen LogP contribution in [0.4, 0.5) is 4.79 Å². The second kappa shape index (κ2) is 7.93. The minimum atomic E-state index is -0.699. The lowest BCUT2D eigenvalue weighted by molar-refractivity contribution is -0.171. The summed E-state index contributed by atoms with van der Waals surface area (Å²) in [6, 6.07) is 6.31. The summed E-state index contributed by atoms with van der Waals surface area (Å²) in [5.41, 5.74) is -0.757. The number of imide groups is 1. The summed E-state index contributed by atoms with van der Waals surface area (Å²) in [6.45, 7) is 10.1. The first-order chi connectivity index (χ1) is 14.1. The van der Waals surface area contributed by atoms with Crippen molar-refractivity contribution in [3.63, 3.8) is 0 Å². The predicted molar refractivity (Wildman–Crippen MR) is 107 cm³/mol. The van der Waals surface area contributed by atoms with Crippen LogP contribution in [0.2, 0.25) is 0 Å². The van der Waals surface area contributed by atoms with Crippen molar-refractivity contribution < 1.29 is 28.8 Å². The summed E-state index contributed by atoms with van der Waals surface area (Å²) in [5, 5.41) is 0.514. The van der Waals surface area contributed by atoms with Gasteiger partial charge in [-0.1, -0.05) is 23.3 Å². The van der Waals surface area contributed by atoms with Crippen molar-refractivity contribution in [3.8, 4) is 0 Å². The van der Waals surface area contributed by atoms with E-state index in [9.17, 15) is 19.2 Å². The van der Waals surface area contributed by atoms with Gasteiger partial charge in [0.25, 0.3) is 11.8 Å². The molecule has 2 heterocycles. The highest BCUT2D eigenvalue weighted by molar-refractivity contribution is 6.20. The molecule has 8 nitrogen and oxygen atoms in total. The average molecular weight is 414 g/mol. The van der Waals surface area contributed by atoms with Crippen LogP contribution in [0.25, 0.3) is 0 Å². The van der Waals surface area contributed by atoms with Gasteiger partial charge in [-0.15, -0.1) is 6.58 Å². The minimum absolute atomic E-state index is 0.0495. The van der Waals surface area contributed by atoms with Crippen molar-refractivity contribution in [2.45, 2.75) is 45.6 Å². The molecule has 0 radical (unpaired) electrons. The first-order valence-corrected chi connectivity index (χ1v) is 9.85. The first kappa shape index (κ1) is 21.5. The summed E-state index contributed by atoms with van der Waals surface area (Å²) in [7, 11) is 0. The van der Waals surface area contributed by atoms with Gasteiger partial charge in [-0.25, -0.2) is 9.59 Å². The van der Waals surface area contributed by atoms with E-state index in [1.54, 1.807) is 43.9 Å². The van der Waals surface area contributed by atoms with Gasteiger partial charge in [0.2, 0.25) is 0 Å². The van der Waals surface area contributed by atoms with Crippen LogP contribution in [0.1, 0.15) is 60.7 Å². The van der Waals surface area contributed by atoms with Crippen molar-refractivity contribution >= 4 is 23.9 Å². The largest absolute Gasteiger partial charge is 0.444 e. The van der Waals surface area contributed by atoms with Gasteiger partial charge in [0.05, 0.1) is 17.5 Å². The molecule has 0 aliphatic carbocycles. The van der Waals surface area contributed by atoms with E-state index in [1.165, 1.54) is 12.1 Å². The van der Waals surface area contributed by atoms with Crippen LogP contribution in [0.5, 0.6) is 0 Å². The fourth-order valence-electron chi connectivity index (χ4n) is 3.59. The van der Waals surface area contributed by atoms with Gasteiger partial charge >= 0.3 is 12.1 Å². The Morgan fingerprint density at radius 2 is 1.63 bits per heavy atom. The number of rotatable bonds is 4. The number of carbonyl (C=O) groups excluding carboxylic acids is 4. The molecule has 1 saturated heterocycles. The quantitative estimate of drug-likeness (QED) is 0.554. The number of fused-ring (bicyclic) bond motifs is 1. The number of likely N-dealkylation sites (tertiary alicyclic amines) is 1. The maximum atomic E-state index is 12.6. The van der Waals surface area contributed by atoms with E-state index in [1.807, 2.05) is 0 Å². The van der Waals surface area contributed by atoms with E-state index < -0.39 is 34.9 Å². The van der Waals surface area contributed by atoms with Gasteiger partial charge < -0.3 is 14.5 Å². The van der Waals surface area contributed by atoms with Gasteiger partial charge in [0, 0.05) is 18.5 Å². The number of hydroxylamine groups is 2. The third kappa shape index (κ3) is 4.37. The van der Waals surface area contributed by atoms with Crippen LogP contribution < -0.4 is 0 Å². The number of carbonyl (C=O) groups is 4. The minimum Gasteiger partial charge on any atom is -0.444 e. The van der Waals surface area contributed by atoms with Crippen LogP contribution in [-0.2, 0) is 14.4 Å². The number of piperidine rings is 1. The normalized spacial score (nSPS) is 18.1. The number of benzene rings is 1. The zero-order chi connectivity index (χ0) is 22.1. The second-order valence-electron chi connectivity index (χ2n) is 8.62. The van der Waals surface area contributed by atoms with Gasteiger partial charge in [0.15, 0.2) is 0 Å².